The van der Waals surface area contributed by atoms with Gasteiger partial charge in [0.1, 0.15) is 0 Å². The van der Waals surface area contributed by atoms with E-state index in [0.29, 0.717) is 0 Å². The Kier molecular flexibility index (Phi) is 4.06. The van der Waals surface area contributed by atoms with Crippen molar-refractivity contribution in [3.8, 4) is 0 Å². The molecule has 1 aromatic heterocycles. The molecule has 0 fully saturated rings. The fourth-order valence-electron chi connectivity index (χ4n) is 2.46. The van der Waals surface area contributed by atoms with Crippen LogP contribution in [0.2, 0.25) is 0 Å². The fraction of sp³-hybridized carbons (Fsp3) is 0.688. The molecule has 0 bridgehead atoms. The maximum absolute atomic E-state index is 4.87. The molecule has 0 amide bonds. The first kappa shape index (κ1) is 13.5. The van der Waals surface area contributed by atoms with E-state index >= 15 is 0 Å². The summed E-state index contributed by atoms with van der Waals surface area (Å²) in [6, 6.07) is 4.50. The van der Waals surface area contributed by atoms with Gasteiger partial charge in [0, 0.05) is 36.3 Å². The predicted octanol–water partition coefficient (Wildman–Crippen LogP) is 3.54. The van der Waals surface area contributed by atoms with E-state index in [9.17, 15) is 0 Å². The van der Waals surface area contributed by atoms with Gasteiger partial charge in [0.2, 0.25) is 0 Å². The van der Waals surface area contributed by atoms with Gasteiger partial charge in [-0.1, -0.05) is 40.2 Å². The van der Waals surface area contributed by atoms with Crippen molar-refractivity contribution in [3.05, 3.63) is 29.1 Å². The van der Waals surface area contributed by atoms with Crippen LogP contribution >= 0.6 is 0 Å². The number of aromatic nitrogens is 1. The van der Waals surface area contributed by atoms with E-state index in [-0.39, 0.29) is 5.41 Å². The van der Waals surface area contributed by atoms with Gasteiger partial charge in [-0.3, -0.25) is 9.88 Å². The molecular weight excluding hydrogens is 220 g/mol. The van der Waals surface area contributed by atoms with Crippen LogP contribution < -0.4 is 0 Å². The minimum atomic E-state index is 0.161. The zero-order valence-corrected chi connectivity index (χ0v) is 12.3. The largest absolute Gasteiger partial charge is 0.299 e. The molecule has 0 saturated carbocycles. The maximum atomic E-state index is 4.87. The minimum absolute atomic E-state index is 0.161. The molecule has 2 nitrogen and oxygen atoms in total. The van der Waals surface area contributed by atoms with Crippen LogP contribution in [0, 0.1) is 0 Å². The Morgan fingerprint density at radius 2 is 2.06 bits per heavy atom. The molecule has 0 aliphatic carbocycles. The Morgan fingerprint density at radius 1 is 1.28 bits per heavy atom. The first-order valence-electron chi connectivity index (χ1n) is 7.22. The summed E-state index contributed by atoms with van der Waals surface area (Å²) in [6.07, 6.45) is 3.70. The molecule has 1 aromatic rings. The van der Waals surface area contributed by atoms with Crippen LogP contribution in [0.1, 0.15) is 57.5 Å². The molecule has 2 heteroatoms. The lowest BCUT2D eigenvalue weighted by atomic mass is 9.90. The molecule has 1 aliphatic rings. The van der Waals surface area contributed by atoms with Gasteiger partial charge < -0.3 is 0 Å². The number of pyridine rings is 1. The highest BCUT2D eigenvalue weighted by molar-refractivity contribution is 5.27. The Hall–Kier alpha value is -0.890. The molecule has 2 heterocycles. The lowest BCUT2D eigenvalue weighted by molar-refractivity contribution is 0.248. The van der Waals surface area contributed by atoms with Gasteiger partial charge >= 0.3 is 0 Å². The highest BCUT2D eigenvalue weighted by Gasteiger charge is 2.21. The third kappa shape index (κ3) is 3.11. The summed E-state index contributed by atoms with van der Waals surface area (Å²) < 4.78 is 0. The Morgan fingerprint density at radius 3 is 2.72 bits per heavy atom. The van der Waals surface area contributed by atoms with Crippen LogP contribution in [0.4, 0.5) is 0 Å². The second-order valence-electron chi connectivity index (χ2n) is 6.43. The zero-order chi connectivity index (χ0) is 13.2. The molecule has 2 rings (SSSR count). The molecule has 0 aromatic carbocycles. The van der Waals surface area contributed by atoms with Crippen molar-refractivity contribution in [2.24, 2.45) is 0 Å². The number of fused-ring (bicyclic) bond motifs is 1. The Labute approximate surface area is 111 Å². The summed E-state index contributed by atoms with van der Waals surface area (Å²) >= 11 is 0. The van der Waals surface area contributed by atoms with E-state index in [2.05, 4.69) is 44.7 Å². The average molecular weight is 246 g/mol. The molecule has 0 unspecified atom stereocenters. The van der Waals surface area contributed by atoms with Crippen LogP contribution in [0.5, 0.6) is 0 Å². The summed E-state index contributed by atoms with van der Waals surface area (Å²) in [5, 5.41) is 0. The maximum Gasteiger partial charge on any atom is 0.0464 e. The number of unbranched alkanes of at least 4 members (excludes halogenated alkanes) is 1. The topological polar surface area (TPSA) is 16.1 Å². The second-order valence-corrected chi connectivity index (χ2v) is 6.43. The standard InChI is InChI=1S/C16H26N2/c1-5-6-10-18-11-9-14-13(12-18)7-8-15(17-14)16(2,3)4/h7-8H,5-6,9-12H2,1-4H3. The second kappa shape index (κ2) is 5.40. The van der Waals surface area contributed by atoms with Crippen LogP contribution in [-0.2, 0) is 18.4 Å². The SMILES string of the molecule is CCCCN1CCc2nc(C(C)(C)C)ccc2C1. The van der Waals surface area contributed by atoms with Crippen molar-refractivity contribution < 1.29 is 0 Å². The van der Waals surface area contributed by atoms with E-state index in [1.54, 1.807) is 0 Å². The van der Waals surface area contributed by atoms with Crippen LogP contribution in [-0.4, -0.2) is 23.0 Å². The number of rotatable bonds is 3. The predicted molar refractivity (Wildman–Crippen MR) is 76.8 cm³/mol. The molecule has 0 radical (unpaired) electrons. The van der Waals surface area contributed by atoms with Gasteiger partial charge in [-0.25, -0.2) is 0 Å². The smallest absolute Gasteiger partial charge is 0.0464 e. The van der Waals surface area contributed by atoms with Gasteiger partial charge in [0.25, 0.3) is 0 Å². The number of hydrogen-bond donors (Lipinski definition) is 0. The summed E-state index contributed by atoms with van der Waals surface area (Å²) in [4.78, 5) is 7.43. The first-order valence-corrected chi connectivity index (χ1v) is 7.22. The van der Waals surface area contributed by atoms with Gasteiger partial charge in [-0.2, -0.15) is 0 Å². The summed E-state index contributed by atoms with van der Waals surface area (Å²) in [7, 11) is 0. The highest BCUT2D eigenvalue weighted by Crippen LogP contribution is 2.24. The van der Waals surface area contributed by atoms with Crippen molar-refractivity contribution in [1.82, 2.24) is 9.88 Å². The fourth-order valence-corrected chi connectivity index (χ4v) is 2.46. The van der Waals surface area contributed by atoms with Crippen molar-refractivity contribution in [1.29, 1.82) is 0 Å². The van der Waals surface area contributed by atoms with Crippen LogP contribution in [0.3, 0.4) is 0 Å². The molecular formula is C16H26N2. The van der Waals surface area contributed by atoms with Crippen molar-refractivity contribution in [3.63, 3.8) is 0 Å². The summed E-state index contributed by atoms with van der Waals surface area (Å²) in [5.74, 6) is 0. The monoisotopic (exact) mass is 246 g/mol. The van der Waals surface area contributed by atoms with Crippen LogP contribution in [0.15, 0.2) is 12.1 Å². The van der Waals surface area contributed by atoms with Gasteiger partial charge in [-0.15, -0.1) is 0 Å². The van der Waals surface area contributed by atoms with Crippen molar-refractivity contribution in [2.75, 3.05) is 13.1 Å². The Bertz CT molecular complexity index is 404. The van der Waals surface area contributed by atoms with Gasteiger partial charge in [-0.05, 0) is 24.6 Å². The van der Waals surface area contributed by atoms with Crippen LogP contribution in [0.25, 0.3) is 0 Å². The molecule has 0 N–H and O–H groups in total. The third-order valence-electron chi connectivity index (χ3n) is 3.72. The van der Waals surface area contributed by atoms with E-state index in [4.69, 9.17) is 4.98 Å². The average Bonchev–Trinajstić information content (AvgIpc) is 2.34. The molecule has 0 saturated heterocycles. The summed E-state index contributed by atoms with van der Waals surface area (Å²) in [6.45, 7) is 12.5. The van der Waals surface area contributed by atoms with E-state index in [1.807, 2.05) is 0 Å². The summed E-state index contributed by atoms with van der Waals surface area (Å²) in [5.41, 5.74) is 4.15. The normalized spacial score (nSPS) is 16.7. The van der Waals surface area contributed by atoms with E-state index in [0.717, 1.165) is 13.0 Å². The molecule has 0 atom stereocenters. The quantitative estimate of drug-likeness (QED) is 0.811. The third-order valence-corrected chi connectivity index (χ3v) is 3.72. The van der Waals surface area contributed by atoms with E-state index < -0.39 is 0 Å². The lowest BCUT2D eigenvalue weighted by Crippen LogP contribution is -2.32. The lowest BCUT2D eigenvalue weighted by Gasteiger charge is -2.29. The molecule has 1 aliphatic heterocycles. The van der Waals surface area contributed by atoms with Crippen molar-refractivity contribution >= 4 is 0 Å². The van der Waals surface area contributed by atoms with Crippen molar-refractivity contribution in [2.45, 2.75) is 58.9 Å². The van der Waals surface area contributed by atoms with Gasteiger partial charge in [0.05, 0.1) is 0 Å². The molecule has 18 heavy (non-hydrogen) atoms. The molecule has 100 valence electrons. The minimum Gasteiger partial charge on any atom is -0.299 e. The van der Waals surface area contributed by atoms with Gasteiger partial charge in [0.15, 0.2) is 0 Å². The first-order chi connectivity index (χ1) is 8.50. The zero-order valence-electron chi connectivity index (χ0n) is 12.3. The highest BCUT2D eigenvalue weighted by atomic mass is 15.1. The number of hydrogen-bond acceptors (Lipinski definition) is 2. The molecule has 0 spiro atoms. The Balaban J connectivity index is 2.11. The number of nitrogens with zero attached hydrogens (tertiary/aromatic N) is 2. The van der Waals surface area contributed by atoms with E-state index in [1.165, 1.54) is 42.9 Å².